The lowest BCUT2D eigenvalue weighted by atomic mass is 9.83. The van der Waals surface area contributed by atoms with E-state index in [2.05, 4.69) is 19.2 Å². The van der Waals surface area contributed by atoms with E-state index in [4.69, 9.17) is 0 Å². The number of piperidine rings is 1. The van der Waals surface area contributed by atoms with E-state index in [0.717, 1.165) is 52.1 Å². The van der Waals surface area contributed by atoms with Crippen molar-refractivity contribution in [3.8, 4) is 0 Å². The number of rotatable bonds is 0. The maximum atomic E-state index is 12.2. The molecule has 0 aliphatic carbocycles. The van der Waals surface area contributed by atoms with Gasteiger partial charge in [-0.25, -0.2) is 4.79 Å². The predicted molar refractivity (Wildman–Crippen MR) is 64.4 cm³/mol. The Hall–Kier alpha value is -0.770. The van der Waals surface area contributed by atoms with Crippen LogP contribution >= 0.6 is 0 Å². The fraction of sp³-hybridized carbons (Fsp3) is 0.917. The van der Waals surface area contributed by atoms with E-state index in [0.29, 0.717) is 5.41 Å². The van der Waals surface area contributed by atoms with Gasteiger partial charge in [0, 0.05) is 39.3 Å². The first-order valence-electron chi connectivity index (χ1n) is 6.33. The molecule has 16 heavy (non-hydrogen) atoms. The van der Waals surface area contributed by atoms with Gasteiger partial charge < -0.3 is 15.1 Å². The van der Waals surface area contributed by atoms with Crippen molar-refractivity contribution in [1.82, 2.24) is 15.1 Å². The number of amides is 2. The average molecular weight is 225 g/mol. The summed E-state index contributed by atoms with van der Waals surface area (Å²) < 4.78 is 0. The third-order valence-corrected chi connectivity index (χ3v) is 3.78. The Kier molecular flexibility index (Phi) is 3.38. The van der Waals surface area contributed by atoms with Crippen molar-refractivity contribution in [2.45, 2.75) is 26.7 Å². The molecule has 0 bridgehead atoms. The van der Waals surface area contributed by atoms with Crippen LogP contribution < -0.4 is 5.32 Å². The molecule has 0 saturated carbocycles. The van der Waals surface area contributed by atoms with E-state index >= 15 is 0 Å². The molecule has 2 saturated heterocycles. The molecule has 2 rings (SSSR count). The number of likely N-dealkylation sites (tertiary alicyclic amines) is 1. The van der Waals surface area contributed by atoms with Gasteiger partial charge in [-0.3, -0.25) is 0 Å². The largest absolute Gasteiger partial charge is 0.325 e. The van der Waals surface area contributed by atoms with Gasteiger partial charge in [-0.05, 0) is 18.3 Å². The van der Waals surface area contributed by atoms with E-state index in [1.807, 2.05) is 9.80 Å². The molecule has 2 fully saturated rings. The Morgan fingerprint density at radius 1 is 1.00 bits per heavy atom. The van der Waals surface area contributed by atoms with Gasteiger partial charge in [-0.15, -0.1) is 0 Å². The number of urea groups is 1. The SMILES string of the molecule is CC1(C)CCN(C(=O)N2CCNCC2)CC1. The van der Waals surface area contributed by atoms with Gasteiger partial charge in [-0.1, -0.05) is 13.8 Å². The number of nitrogens with zero attached hydrogens (tertiary/aromatic N) is 2. The number of carbonyl (C=O) groups excluding carboxylic acids is 1. The highest BCUT2D eigenvalue weighted by Gasteiger charge is 2.30. The summed E-state index contributed by atoms with van der Waals surface area (Å²) in [6.45, 7) is 10.0. The Bertz CT molecular complexity index is 249. The molecule has 1 N–H and O–H groups in total. The summed E-state index contributed by atoms with van der Waals surface area (Å²) in [7, 11) is 0. The van der Waals surface area contributed by atoms with Gasteiger partial charge in [0.05, 0.1) is 0 Å². The number of nitrogens with one attached hydrogen (secondary N) is 1. The van der Waals surface area contributed by atoms with Gasteiger partial charge in [0.25, 0.3) is 0 Å². The molecule has 2 aliphatic heterocycles. The quantitative estimate of drug-likeness (QED) is 0.671. The van der Waals surface area contributed by atoms with Crippen LogP contribution in [0.5, 0.6) is 0 Å². The molecule has 0 radical (unpaired) electrons. The lowest BCUT2D eigenvalue weighted by Crippen LogP contribution is -2.53. The standard InChI is InChI=1S/C12H23N3O/c1-12(2)3-7-14(8-4-12)11(16)15-9-5-13-6-10-15/h13H,3-10H2,1-2H3. The summed E-state index contributed by atoms with van der Waals surface area (Å²) in [6.07, 6.45) is 2.26. The summed E-state index contributed by atoms with van der Waals surface area (Å²) in [5, 5.41) is 3.27. The molecule has 0 atom stereocenters. The Balaban J connectivity index is 1.86. The lowest BCUT2D eigenvalue weighted by molar-refractivity contribution is 0.108. The van der Waals surface area contributed by atoms with Crippen molar-refractivity contribution in [3.05, 3.63) is 0 Å². The molecule has 2 aliphatic rings. The summed E-state index contributed by atoms with van der Waals surface area (Å²) >= 11 is 0. The lowest BCUT2D eigenvalue weighted by Gasteiger charge is -2.40. The highest BCUT2D eigenvalue weighted by molar-refractivity contribution is 5.74. The summed E-state index contributed by atoms with van der Waals surface area (Å²) in [5.41, 5.74) is 0.417. The maximum Gasteiger partial charge on any atom is 0.320 e. The van der Waals surface area contributed by atoms with Crippen LogP contribution in [0.2, 0.25) is 0 Å². The van der Waals surface area contributed by atoms with Crippen molar-refractivity contribution in [1.29, 1.82) is 0 Å². The molecule has 0 aromatic heterocycles. The number of hydrogen-bond donors (Lipinski definition) is 1. The highest BCUT2D eigenvalue weighted by Crippen LogP contribution is 2.30. The smallest absolute Gasteiger partial charge is 0.320 e. The fourth-order valence-corrected chi connectivity index (χ4v) is 2.36. The van der Waals surface area contributed by atoms with Gasteiger partial charge in [0.1, 0.15) is 0 Å². The van der Waals surface area contributed by atoms with E-state index in [1.165, 1.54) is 0 Å². The van der Waals surface area contributed by atoms with E-state index in [-0.39, 0.29) is 6.03 Å². The first kappa shape index (κ1) is 11.7. The Morgan fingerprint density at radius 3 is 2.06 bits per heavy atom. The van der Waals surface area contributed by atoms with Crippen LogP contribution in [-0.4, -0.2) is 55.1 Å². The minimum atomic E-state index is 0.247. The minimum Gasteiger partial charge on any atom is -0.325 e. The van der Waals surface area contributed by atoms with Gasteiger partial charge in [0.15, 0.2) is 0 Å². The van der Waals surface area contributed by atoms with Gasteiger partial charge in [0.2, 0.25) is 0 Å². The van der Waals surface area contributed by atoms with Crippen LogP contribution in [0.4, 0.5) is 4.79 Å². The van der Waals surface area contributed by atoms with E-state index in [1.54, 1.807) is 0 Å². The Morgan fingerprint density at radius 2 is 1.50 bits per heavy atom. The molecular formula is C12H23N3O. The van der Waals surface area contributed by atoms with Crippen molar-refractivity contribution in [3.63, 3.8) is 0 Å². The summed E-state index contributed by atoms with van der Waals surface area (Å²) in [4.78, 5) is 16.2. The molecular weight excluding hydrogens is 202 g/mol. The number of piperazine rings is 1. The zero-order chi connectivity index (χ0) is 11.6. The highest BCUT2D eigenvalue weighted by atomic mass is 16.2. The zero-order valence-corrected chi connectivity index (χ0v) is 10.5. The van der Waals surface area contributed by atoms with Crippen molar-refractivity contribution in [2.24, 2.45) is 5.41 Å². The van der Waals surface area contributed by atoms with Crippen LogP contribution in [-0.2, 0) is 0 Å². The van der Waals surface area contributed by atoms with Crippen LogP contribution in [0.15, 0.2) is 0 Å². The van der Waals surface area contributed by atoms with E-state index in [9.17, 15) is 4.79 Å². The number of carbonyl (C=O) groups is 1. The molecule has 4 heteroatoms. The summed E-state index contributed by atoms with van der Waals surface area (Å²) in [5.74, 6) is 0. The molecule has 0 aromatic rings. The second kappa shape index (κ2) is 4.62. The second-order valence-electron chi connectivity index (χ2n) is 5.67. The first-order chi connectivity index (χ1) is 7.58. The van der Waals surface area contributed by atoms with Crippen molar-refractivity contribution >= 4 is 6.03 Å². The molecule has 92 valence electrons. The first-order valence-corrected chi connectivity index (χ1v) is 6.33. The summed E-state index contributed by atoms with van der Waals surface area (Å²) in [6, 6.07) is 0.247. The molecule has 2 amide bonds. The van der Waals surface area contributed by atoms with E-state index < -0.39 is 0 Å². The number of hydrogen-bond acceptors (Lipinski definition) is 2. The zero-order valence-electron chi connectivity index (χ0n) is 10.5. The molecule has 0 spiro atoms. The molecule has 2 heterocycles. The van der Waals surface area contributed by atoms with Gasteiger partial charge in [-0.2, -0.15) is 0 Å². The molecule has 4 nitrogen and oxygen atoms in total. The minimum absolute atomic E-state index is 0.247. The fourth-order valence-electron chi connectivity index (χ4n) is 2.36. The second-order valence-corrected chi connectivity index (χ2v) is 5.67. The molecule has 0 aromatic carbocycles. The predicted octanol–water partition coefficient (Wildman–Crippen LogP) is 1.13. The maximum absolute atomic E-state index is 12.2. The van der Waals surface area contributed by atoms with Crippen LogP contribution in [0.1, 0.15) is 26.7 Å². The topological polar surface area (TPSA) is 35.6 Å². The monoisotopic (exact) mass is 225 g/mol. The van der Waals surface area contributed by atoms with Crippen LogP contribution in [0.25, 0.3) is 0 Å². The van der Waals surface area contributed by atoms with Crippen LogP contribution in [0, 0.1) is 5.41 Å². The van der Waals surface area contributed by atoms with Crippen molar-refractivity contribution < 1.29 is 4.79 Å². The Labute approximate surface area is 98.0 Å². The third-order valence-electron chi connectivity index (χ3n) is 3.78. The third kappa shape index (κ3) is 2.67. The van der Waals surface area contributed by atoms with Crippen LogP contribution in [0.3, 0.4) is 0 Å². The molecule has 0 unspecified atom stereocenters. The van der Waals surface area contributed by atoms with Gasteiger partial charge >= 0.3 is 6.03 Å². The normalized spacial score (nSPS) is 25.6. The average Bonchev–Trinajstić information content (AvgIpc) is 2.29. The van der Waals surface area contributed by atoms with Crippen molar-refractivity contribution in [2.75, 3.05) is 39.3 Å².